The Balaban J connectivity index is 1.62. The van der Waals surface area contributed by atoms with Crippen molar-refractivity contribution in [1.29, 1.82) is 0 Å². The summed E-state index contributed by atoms with van der Waals surface area (Å²) in [5.41, 5.74) is 1.85. The van der Waals surface area contributed by atoms with Crippen LogP contribution in [0.1, 0.15) is 16.1 Å². The monoisotopic (exact) mass is 325 g/mol. The number of phenolic OH excluding ortho intramolecular Hbond substituents is 1. The molecule has 6 heteroatoms. The Kier molecular flexibility index (Phi) is 4.56. The summed E-state index contributed by atoms with van der Waals surface area (Å²) < 4.78 is 13.5. The summed E-state index contributed by atoms with van der Waals surface area (Å²) >= 11 is 0. The molecular formula is C18H16FN3O2. The Morgan fingerprint density at radius 2 is 1.92 bits per heavy atom. The highest BCUT2D eigenvalue weighted by Gasteiger charge is 2.12. The number of hydrogen-bond donors (Lipinski definition) is 3. The second-order valence-corrected chi connectivity index (χ2v) is 5.28. The summed E-state index contributed by atoms with van der Waals surface area (Å²) in [6, 6.07) is 14.8. The van der Waals surface area contributed by atoms with Gasteiger partial charge >= 0.3 is 0 Å². The number of aromatic hydroxyl groups is 1. The van der Waals surface area contributed by atoms with Gasteiger partial charge in [-0.1, -0.05) is 30.3 Å². The lowest BCUT2D eigenvalue weighted by molar-refractivity contribution is 0.0949. The molecule has 1 heterocycles. The molecule has 0 atom stereocenters. The maximum Gasteiger partial charge on any atom is 0.269 e. The third-order valence-electron chi connectivity index (χ3n) is 3.64. The standard InChI is InChI=1S/C18H16FN3O2/c19-14-7-3-1-5-12(14)9-10-20-18(24)16-11-15(21-22-16)13-6-2-4-8-17(13)23/h1-8,11,23H,9-10H2,(H,20,24)(H,21,22). The summed E-state index contributed by atoms with van der Waals surface area (Å²) in [5, 5.41) is 19.2. The molecule has 5 nitrogen and oxygen atoms in total. The largest absolute Gasteiger partial charge is 0.507 e. The highest BCUT2D eigenvalue weighted by Crippen LogP contribution is 2.27. The number of amides is 1. The van der Waals surface area contributed by atoms with Gasteiger partial charge in [0.25, 0.3) is 5.91 Å². The normalized spacial score (nSPS) is 10.5. The zero-order valence-electron chi connectivity index (χ0n) is 12.8. The Hall–Kier alpha value is -3.15. The van der Waals surface area contributed by atoms with Crippen LogP contribution in [0.5, 0.6) is 5.75 Å². The van der Waals surface area contributed by atoms with E-state index in [-0.39, 0.29) is 23.2 Å². The van der Waals surface area contributed by atoms with Crippen molar-refractivity contribution in [3.05, 3.63) is 71.7 Å². The molecule has 0 bridgehead atoms. The number of H-pyrrole nitrogens is 1. The second-order valence-electron chi connectivity index (χ2n) is 5.28. The van der Waals surface area contributed by atoms with Crippen molar-refractivity contribution in [3.8, 4) is 17.0 Å². The summed E-state index contributed by atoms with van der Waals surface area (Å²) in [6.07, 6.45) is 0.402. The minimum atomic E-state index is -0.333. The first kappa shape index (κ1) is 15.7. The van der Waals surface area contributed by atoms with Crippen molar-refractivity contribution >= 4 is 5.91 Å². The van der Waals surface area contributed by atoms with Crippen molar-refractivity contribution < 1.29 is 14.3 Å². The fourth-order valence-corrected chi connectivity index (χ4v) is 2.37. The van der Waals surface area contributed by atoms with Crippen LogP contribution in [0.15, 0.2) is 54.6 Å². The van der Waals surface area contributed by atoms with E-state index in [1.807, 2.05) is 0 Å². The maximum atomic E-state index is 13.5. The third-order valence-corrected chi connectivity index (χ3v) is 3.64. The number of aromatic nitrogens is 2. The van der Waals surface area contributed by atoms with Crippen LogP contribution in [0, 0.1) is 5.82 Å². The molecule has 0 aliphatic heterocycles. The summed E-state index contributed by atoms with van der Waals surface area (Å²) in [4.78, 5) is 12.1. The van der Waals surface area contributed by atoms with Crippen molar-refractivity contribution in [3.63, 3.8) is 0 Å². The van der Waals surface area contributed by atoms with Crippen LogP contribution >= 0.6 is 0 Å². The van der Waals surface area contributed by atoms with E-state index < -0.39 is 0 Å². The average Bonchev–Trinajstić information content (AvgIpc) is 3.07. The molecule has 0 radical (unpaired) electrons. The smallest absolute Gasteiger partial charge is 0.269 e. The van der Waals surface area contributed by atoms with E-state index in [1.165, 1.54) is 6.07 Å². The Morgan fingerprint density at radius 3 is 2.71 bits per heavy atom. The molecule has 0 saturated carbocycles. The number of halogens is 1. The number of para-hydroxylation sites is 1. The van der Waals surface area contributed by atoms with E-state index in [2.05, 4.69) is 15.5 Å². The number of hydrogen-bond acceptors (Lipinski definition) is 3. The first-order valence-corrected chi connectivity index (χ1v) is 7.50. The van der Waals surface area contributed by atoms with E-state index in [0.29, 0.717) is 29.8 Å². The highest BCUT2D eigenvalue weighted by molar-refractivity contribution is 5.93. The first-order chi connectivity index (χ1) is 11.6. The molecule has 3 N–H and O–H groups in total. The molecule has 0 saturated heterocycles. The molecule has 24 heavy (non-hydrogen) atoms. The number of nitrogens with zero attached hydrogens (tertiary/aromatic N) is 1. The van der Waals surface area contributed by atoms with Crippen LogP contribution in [0.3, 0.4) is 0 Å². The van der Waals surface area contributed by atoms with E-state index in [9.17, 15) is 14.3 Å². The van der Waals surface area contributed by atoms with Crippen molar-refractivity contribution in [2.24, 2.45) is 0 Å². The van der Waals surface area contributed by atoms with Crippen molar-refractivity contribution in [2.45, 2.75) is 6.42 Å². The van der Waals surface area contributed by atoms with Gasteiger partial charge in [0.15, 0.2) is 0 Å². The molecule has 122 valence electrons. The Bertz CT molecular complexity index is 861. The van der Waals surface area contributed by atoms with E-state index >= 15 is 0 Å². The molecule has 0 unspecified atom stereocenters. The van der Waals surface area contributed by atoms with Gasteiger partial charge in [0.05, 0.1) is 5.69 Å². The van der Waals surface area contributed by atoms with Crippen LogP contribution in [0.4, 0.5) is 4.39 Å². The molecule has 3 rings (SSSR count). The van der Waals surface area contributed by atoms with E-state index in [1.54, 1.807) is 48.5 Å². The van der Waals surface area contributed by atoms with Gasteiger partial charge in [-0.3, -0.25) is 9.89 Å². The van der Waals surface area contributed by atoms with E-state index in [4.69, 9.17) is 0 Å². The third kappa shape index (κ3) is 3.43. The number of carbonyl (C=O) groups excluding carboxylic acids is 1. The highest BCUT2D eigenvalue weighted by atomic mass is 19.1. The van der Waals surface area contributed by atoms with Gasteiger partial charge in [0, 0.05) is 12.1 Å². The van der Waals surface area contributed by atoms with Gasteiger partial charge in [-0.05, 0) is 36.2 Å². The number of phenols is 1. The van der Waals surface area contributed by atoms with Gasteiger partial charge in [0.1, 0.15) is 17.3 Å². The summed E-state index contributed by atoms with van der Waals surface area (Å²) in [7, 11) is 0. The number of aromatic amines is 1. The molecule has 0 aliphatic rings. The molecule has 1 aromatic heterocycles. The fraction of sp³-hybridized carbons (Fsp3) is 0.111. The topological polar surface area (TPSA) is 78.0 Å². The van der Waals surface area contributed by atoms with Crippen LogP contribution in [-0.4, -0.2) is 27.8 Å². The van der Waals surface area contributed by atoms with Gasteiger partial charge in [0.2, 0.25) is 0 Å². The van der Waals surface area contributed by atoms with Gasteiger partial charge in [-0.2, -0.15) is 5.10 Å². The molecule has 0 spiro atoms. The van der Waals surface area contributed by atoms with Gasteiger partial charge < -0.3 is 10.4 Å². The lowest BCUT2D eigenvalue weighted by Gasteiger charge is -2.04. The summed E-state index contributed by atoms with van der Waals surface area (Å²) in [5.74, 6) is -0.522. The fourth-order valence-electron chi connectivity index (χ4n) is 2.37. The van der Waals surface area contributed by atoms with Crippen LogP contribution in [0.25, 0.3) is 11.3 Å². The minimum Gasteiger partial charge on any atom is -0.507 e. The molecule has 2 aromatic carbocycles. The average molecular weight is 325 g/mol. The molecule has 1 amide bonds. The molecule has 0 fully saturated rings. The van der Waals surface area contributed by atoms with Crippen molar-refractivity contribution in [1.82, 2.24) is 15.5 Å². The molecular weight excluding hydrogens is 309 g/mol. The van der Waals surface area contributed by atoms with Crippen molar-refractivity contribution in [2.75, 3.05) is 6.54 Å². The quantitative estimate of drug-likeness (QED) is 0.675. The zero-order valence-corrected chi connectivity index (χ0v) is 12.8. The van der Waals surface area contributed by atoms with E-state index in [0.717, 1.165) is 0 Å². The summed E-state index contributed by atoms with van der Waals surface area (Å²) in [6.45, 7) is 0.310. The second kappa shape index (κ2) is 6.95. The van der Waals surface area contributed by atoms with Crippen LogP contribution in [-0.2, 0) is 6.42 Å². The first-order valence-electron chi connectivity index (χ1n) is 7.50. The van der Waals surface area contributed by atoms with Crippen LogP contribution < -0.4 is 5.32 Å². The van der Waals surface area contributed by atoms with Gasteiger partial charge in [-0.15, -0.1) is 0 Å². The number of benzene rings is 2. The maximum absolute atomic E-state index is 13.5. The number of carbonyl (C=O) groups is 1. The SMILES string of the molecule is O=C(NCCc1ccccc1F)c1cc(-c2ccccc2O)n[nH]1. The Labute approximate surface area is 138 Å². The molecule has 3 aromatic rings. The Morgan fingerprint density at radius 1 is 1.17 bits per heavy atom. The van der Waals surface area contributed by atoms with Crippen LogP contribution in [0.2, 0.25) is 0 Å². The minimum absolute atomic E-state index is 0.0931. The lowest BCUT2D eigenvalue weighted by atomic mass is 10.1. The number of nitrogens with one attached hydrogen (secondary N) is 2. The predicted octanol–water partition coefficient (Wildman–Crippen LogP) is 2.89. The predicted molar refractivity (Wildman–Crippen MR) is 88.1 cm³/mol. The molecule has 0 aliphatic carbocycles. The zero-order chi connectivity index (χ0) is 16.9. The number of rotatable bonds is 5. The lowest BCUT2D eigenvalue weighted by Crippen LogP contribution is -2.26. The van der Waals surface area contributed by atoms with Gasteiger partial charge in [-0.25, -0.2) is 4.39 Å².